The third kappa shape index (κ3) is 3.03. The standard InChI is InChI=1S/C14H10N4O2S/c19-18(20)11-5-3-4-10(8-11)9-15-17-14-16-12-6-1-2-7-13(12)21-14/h1-9H,(H,16,17). The fourth-order valence-electron chi connectivity index (χ4n) is 1.80. The first-order valence-corrected chi connectivity index (χ1v) is 6.93. The number of nitrogens with zero attached hydrogens (tertiary/aromatic N) is 3. The van der Waals surface area contributed by atoms with Crippen molar-refractivity contribution in [3.63, 3.8) is 0 Å². The van der Waals surface area contributed by atoms with Gasteiger partial charge in [-0.05, 0) is 12.1 Å². The van der Waals surface area contributed by atoms with E-state index in [2.05, 4.69) is 15.5 Å². The minimum absolute atomic E-state index is 0.0407. The number of benzene rings is 2. The van der Waals surface area contributed by atoms with Gasteiger partial charge >= 0.3 is 0 Å². The number of anilines is 1. The predicted molar refractivity (Wildman–Crippen MR) is 83.9 cm³/mol. The van der Waals surface area contributed by atoms with Crippen molar-refractivity contribution in [1.29, 1.82) is 0 Å². The monoisotopic (exact) mass is 298 g/mol. The van der Waals surface area contributed by atoms with Gasteiger partial charge in [0.05, 0.1) is 21.4 Å². The molecule has 104 valence electrons. The molecule has 0 unspecified atom stereocenters. The van der Waals surface area contributed by atoms with Crippen LogP contribution in [0.2, 0.25) is 0 Å². The Morgan fingerprint density at radius 3 is 2.90 bits per heavy atom. The number of hydrogen-bond donors (Lipinski definition) is 1. The van der Waals surface area contributed by atoms with Crippen LogP contribution in [0, 0.1) is 10.1 Å². The van der Waals surface area contributed by atoms with E-state index in [0.29, 0.717) is 10.7 Å². The number of aromatic nitrogens is 1. The van der Waals surface area contributed by atoms with Gasteiger partial charge < -0.3 is 0 Å². The molecule has 0 spiro atoms. The molecule has 1 aromatic heterocycles. The Morgan fingerprint density at radius 2 is 2.10 bits per heavy atom. The molecule has 7 heteroatoms. The highest BCUT2D eigenvalue weighted by atomic mass is 32.1. The molecule has 3 aromatic rings. The molecule has 0 saturated heterocycles. The van der Waals surface area contributed by atoms with Crippen molar-refractivity contribution in [2.45, 2.75) is 0 Å². The van der Waals surface area contributed by atoms with Crippen LogP contribution >= 0.6 is 11.3 Å². The third-order valence-corrected chi connectivity index (χ3v) is 3.69. The van der Waals surface area contributed by atoms with Crippen LogP contribution in [-0.2, 0) is 0 Å². The summed E-state index contributed by atoms with van der Waals surface area (Å²) in [6.07, 6.45) is 1.53. The van der Waals surface area contributed by atoms with Crippen molar-refractivity contribution in [3.05, 3.63) is 64.2 Å². The number of hydrogen-bond acceptors (Lipinski definition) is 6. The Bertz CT molecular complexity index is 795. The predicted octanol–water partition coefficient (Wildman–Crippen LogP) is 3.65. The summed E-state index contributed by atoms with van der Waals surface area (Å²) in [4.78, 5) is 14.6. The van der Waals surface area contributed by atoms with E-state index in [4.69, 9.17) is 0 Å². The lowest BCUT2D eigenvalue weighted by molar-refractivity contribution is -0.384. The fourth-order valence-corrected chi connectivity index (χ4v) is 2.62. The molecule has 0 aliphatic carbocycles. The highest BCUT2D eigenvalue weighted by Crippen LogP contribution is 2.25. The summed E-state index contributed by atoms with van der Waals surface area (Å²) in [7, 11) is 0. The van der Waals surface area contributed by atoms with Crippen molar-refractivity contribution in [1.82, 2.24) is 4.98 Å². The second kappa shape index (κ2) is 5.68. The maximum atomic E-state index is 10.7. The van der Waals surface area contributed by atoms with Gasteiger partial charge in [0.25, 0.3) is 5.69 Å². The number of rotatable bonds is 4. The van der Waals surface area contributed by atoms with Gasteiger partial charge in [-0.3, -0.25) is 15.5 Å². The van der Waals surface area contributed by atoms with Gasteiger partial charge in [0.2, 0.25) is 5.13 Å². The van der Waals surface area contributed by atoms with Crippen LogP contribution in [0.3, 0.4) is 0 Å². The van der Waals surface area contributed by atoms with Crippen molar-refractivity contribution in [3.8, 4) is 0 Å². The number of nitrogens with one attached hydrogen (secondary N) is 1. The molecule has 21 heavy (non-hydrogen) atoms. The zero-order valence-corrected chi connectivity index (χ0v) is 11.6. The second-order valence-electron chi connectivity index (χ2n) is 4.21. The normalized spacial score (nSPS) is 11.0. The zero-order valence-electron chi connectivity index (χ0n) is 10.8. The van der Waals surface area contributed by atoms with Crippen LogP contribution in [0.1, 0.15) is 5.56 Å². The van der Waals surface area contributed by atoms with E-state index < -0.39 is 4.92 Å². The van der Waals surface area contributed by atoms with E-state index in [-0.39, 0.29) is 5.69 Å². The topological polar surface area (TPSA) is 80.4 Å². The van der Waals surface area contributed by atoms with Gasteiger partial charge in [0.1, 0.15) is 0 Å². The zero-order chi connectivity index (χ0) is 14.7. The summed E-state index contributed by atoms with van der Waals surface area (Å²) in [6, 6.07) is 14.1. The molecular weight excluding hydrogens is 288 g/mol. The Hall–Kier alpha value is -2.80. The lowest BCUT2D eigenvalue weighted by Gasteiger charge is -1.95. The number of para-hydroxylation sites is 1. The number of fused-ring (bicyclic) bond motifs is 1. The maximum absolute atomic E-state index is 10.7. The minimum atomic E-state index is -0.432. The number of non-ortho nitro benzene ring substituents is 1. The molecule has 0 amide bonds. The Balaban J connectivity index is 1.74. The first-order valence-electron chi connectivity index (χ1n) is 6.11. The molecule has 0 radical (unpaired) electrons. The van der Waals surface area contributed by atoms with E-state index in [1.165, 1.54) is 29.7 Å². The molecule has 6 nitrogen and oxygen atoms in total. The third-order valence-electron chi connectivity index (χ3n) is 2.75. The lowest BCUT2D eigenvalue weighted by Crippen LogP contribution is -1.92. The van der Waals surface area contributed by atoms with Crippen molar-refractivity contribution < 1.29 is 4.92 Å². The largest absolute Gasteiger partial charge is 0.270 e. The van der Waals surface area contributed by atoms with E-state index >= 15 is 0 Å². The van der Waals surface area contributed by atoms with Crippen molar-refractivity contribution in [2.75, 3.05) is 5.43 Å². The van der Waals surface area contributed by atoms with Gasteiger partial charge in [0.15, 0.2) is 0 Å². The number of nitro groups is 1. The number of thiazole rings is 1. The Morgan fingerprint density at radius 1 is 1.24 bits per heavy atom. The molecular formula is C14H10N4O2S. The maximum Gasteiger partial charge on any atom is 0.270 e. The summed E-state index contributed by atoms with van der Waals surface area (Å²) in [6.45, 7) is 0. The minimum Gasteiger partial charge on any atom is -0.258 e. The molecule has 0 atom stereocenters. The SMILES string of the molecule is O=[N+]([O-])c1cccc(C=NNc2nc3ccccc3s2)c1. The molecule has 3 rings (SSSR count). The van der Waals surface area contributed by atoms with Gasteiger partial charge in [0, 0.05) is 17.7 Å². The van der Waals surface area contributed by atoms with Crippen molar-refractivity contribution >= 4 is 38.6 Å². The molecule has 0 aliphatic heterocycles. The average Bonchev–Trinajstić information content (AvgIpc) is 2.90. The number of hydrazone groups is 1. The van der Waals surface area contributed by atoms with Crippen molar-refractivity contribution in [2.24, 2.45) is 5.10 Å². The first-order chi connectivity index (χ1) is 10.2. The van der Waals surface area contributed by atoms with E-state index in [9.17, 15) is 10.1 Å². The summed E-state index contributed by atoms with van der Waals surface area (Å²) in [5.74, 6) is 0. The summed E-state index contributed by atoms with van der Waals surface area (Å²) in [5, 5.41) is 15.4. The highest BCUT2D eigenvalue weighted by molar-refractivity contribution is 7.22. The molecule has 1 N–H and O–H groups in total. The quantitative estimate of drug-likeness (QED) is 0.453. The molecule has 0 aliphatic rings. The molecule has 0 fully saturated rings. The smallest absolute Gasteiger partial charge is 0.258 e. The van der Waals surface area contributed by atoms with Crippen LogP contribution in [0.4, 0.5) is 10.8 Å². The summed E-state index contributed by atoms with van der Waals surface area (Å²) in [5.41, 5.74) is 4.44. The van der Waals surface area contributed by atoms with E-state index in [0.717, 1.165) is 10.2 Å². The van der Waals surface area contributed by atoms with Crippen LogP contribution < -0.4 is 5.43 Å². The lowest BCUT2D eigenvalue weighted by atomic mass is 10.2. The second-order valence-corrected chi connectivity index (χ2v) is 5.24. The Kier molecular flexibility index (Phi) is 3.57. The van der Waals surface area contributed by atoms with Gasteiger partial charge in [-0.2, -0.15) is 5.10 Å². The molecule has 2 aromatic carbocycles. The summed E-state index contributed by atoms with van der Waals surface area (Å²) >= 11 is 1.50. The van der Waals surface area contributed by atoms with Crippen LogP contribution in [0.15, 0.2) is 53.6 Å². The van der Waals surface area contributed by atoms with E-state index in [1.54, 1.807) is 12.1 Å². The Labute approximate surface area is 123 Å². The van der Waals surface area contributed by atoms with Crippen LogP contribution in [-0.4, -0.2) is 16.1 Å². The molecule has 1 heterocycles. The molecule has 0 saturated carbocycles. The fraction of sp³-hybridized carbons (Fsp3) is 0. The highest BCUT2D eigenvalue weighted by Gasteiger charge is 2.04. The van der Waals surface area contributed by atoms with Gasteiger partial charge in [-0.1, -0.05) is 35.6 Å². The average molecular weight is 298 g/mol. The van der Waals surface area contributed by atoms with Crippen LogP contribution in [0.5, 0.6) is 0 Å². The number of nitro benzene ring substituents is 1. The van der Waals surface area contributed by atoms with Crippen LogP contribution in [0.25, 0.3) is 10.2 Å². The summed E-state index contributed by atoms with van der Waals surface area (Å²) < 4.78 is 1.07. The van der Waals surface area contributed by atoms with E-state index in [1.807, 2.05) is 24.3 Å². The first kappa shape index (κ1) is 13.2. The van der Waals surface area contributed by atoms with Gasteiger partial charge in [-0.15, -0.1) is 0 Å². The molecule has 0 bridgehead atoms. The van der Waals surface area contributed by atoms with Gasteiger partial charge in [-0.25, -0.2) is 4.98 Å².